The summed E-state index contributed by atoms with van der Waals surface area (Å²) < 4.78 is 6.91. The van der Waals surface area contributed by atoms with E-state index in [4.69, 9.17) is 4.74 Å². The number of carbonyl (C=O) groups excluding carboxylic acids is 1. The first kappa shape index (κ1) is 13.6. The van der Waals surface area contributed by atoms with Gasteiger partial charge in [-0.25, -0.2) is 14.5 Å². The second kappa shape index (κ2) is 5.53. The molecule has 110 valence electrons. The summed E-state index contributed by atoms with van der Waals surface area (Å²) in [5.74, 6) is 0.696. The van der Waals surface area contributed by atoms with Crippen molar-refractivity contribution in [1.29, 1.82) is 0 Å². The fourth-order valence-corrected chi connectivity index (χ4v) is 2.20. The lowest BCUT2D eigenvalue weighted by Gasteiger charge is -2.23. The molecule has 7 nitrogen and oxygen atoms in total. The lowest BCUT2D eigenvalue weighted by molar-refractivity contribution is 0.172. The summed E-state index contributed by atoms with van der Waals surface area (Å²) in [7, 11) is 0. The van der Waals surface area contributed by atoms with Gasteiger partial charge in [-0.3, -0.25) is 0 Å². The predicted octanol–water partition coefficient (Wildman–Crippen LogP) is 1.57. The third-order valence-electron chi connectivity index (χ3n) is 3.36. The number of amides is 2. The van der Waals surface area contributed by atoms with Crippen molar-refractivity contribution in [1.82, 2.24) is 20.1 Å². The Balaban J connectivity index is 1.63. The Bertz CT molecular complexity index is 619. The number of pyridine rings is 1. The zero-order valence-corrected chi connectivity index (χ0v) is 11.7. The quantitative estimate of drug-likeness (QED) is 0.898. The van der Waals surface area contributed by atoms with Crippen LogP contribution in [0.1, 0.15) is 13.3 Å². The SMILES string of the molecule is CC1(NC(=O)Nc2cnn(-c3ccccn3)c2)CCOC1. The molecule has 3 rings (SSSR count). The maximum absolute atomic E-state index is 12.0. The Labute approximate surface area is 122 Å². The van der Waals surface area contributed by atoms with Gasteiger partial charge in [0.1, 0.15) is 0 Å². The molecule has 1 saturated heterocycles. The van der Waals surface area contributed by atoms with E-state index in [0.29, 0.717) is 24.7 Å². The molecule has 1 aliphatic rings. The molecule has 0 aromatic carbocycles. The molecule has 0 radical (unpaired) electrons. The van der Waals surface area contributed by atoms with E-state index in [1.54, 1.807) is 23.3 Å². The zero-order chi connectivity index (χ0) is 14.7. The smallest absolute Gasteiger partial charge is 0.319 e. The molecule has 0 saturated carbocycles. The molecule has 1 unspecified atom stereocenters. The monoisotopic (exact) mass is 287 g/mol. The molecule has 2 N–H and O–H groups in total. The average molecular weight is 287 g/mol. The number of carbonyl (C=O) groups is 1. The highest BCUT2D eigenvalue weighted by Crippen LogP contribution is 2.17. The van der Waals surface area contributed by atoms with E-state index in [-0.39, 0.29) is 11.6 Å². The standard InChI is InChI=1S/C14H17N5O2/c1-14(5-7-21-10-14)18-13(20)17-11-8-16-19(9-11)12-4-2-3-6-15-12/h2-4,6,8-9H,5,7,10H2,1H3,(H2,17,18,20). The minimum absolute atomic E-state index is 0.261. The topological polar surface area (TPSA) is 81.1 Å². The molecule has 7 heteroatoms. The van der Waals surface area contributed by atoms with Gasteiger partial charge in [0.25, 0.3) is 0 Å². The van der Waals surface area contributed by atoms with Crippen LogP contribution < -0.4 is 10.6 Å². The average Bonchev–Trinajstić information content (AvgIpc) is 3.09. The van der Waals surface area contributed by atoms with Gasteiger partial charge in [-0.2, -0.15) is 5.10 Å². The number of rotatable bonds is 3. The van der Waals surface area contributed by atoms with E-state index in [0.717, 1.165) is 6.42 Å². The number of hydrogen-bond acceptors (Lipinski definition) is 4. The molecule has 0 bridgehead atoms. The molecular weight excluding hydrogens is 270 g/mol. The van der Waals surface area contributed by atoms with Crippen molar-refractivity contribution in [3.8, 4) is 5.82 Å². The van der Waals surface area contributed by atoms with Crippen molar-refractivity contribution in [2.24, 2.45) is 0 Å². The highest BCUT2D eigenvalue weighted by Gasteiger charge is 2.31. The highest BCUT2D eigenvalue weighted by molar-refractivity contribution is 5.89. The van der Waals surface area contributed by atoms with E-state index in [1.807, 2.05) is 25.1 Å². The van der Waals surface area contributed by atoms with Crippen LogP contribution in [0.15, 0.2) is 36.8 Å². The van der Waals surface area contributed by atoms with E-state index < -0.39 is 0 Å². The second-order valence-electron chi connectivity index (χ2n) is 5.30. The van der Waals surface area contributed by atoms with Gasteiger partial charge in [0.2, 0.25) is 0 Å². The molecule has 0 spiro atoms. The lowest BCUT2D eigenvalue weighted by atomic mass is 10.0. The molecule has 1 aliphatic heterocycles. The molecule has 1 fully saturated rings. The van der Waals surface area contributed by atoms with Crippen LogP contribution in [0.3, 0.4) is 0 Å². The minimum atomic E-state index is -0.305. The van der Waals surface area contributed by atoms with E-state index >= 15 is 0 Å². The van der Waals surface area contributed by atoms with Crippen molar-refractivity contribution >= 4 is 11.7 Å². The molecule has 21 heavy (non-hydrogen) atoms. The zero-order valence-electron chi connectivity index (χ0n) is 11.7. The second-order valence-corrected chi connectivity index (χ2v) is 5.30. The summed E-state index contributed by atoms with van der Waals surface area (Å²) in [6, 6.07) is 5.30. The van der Waals surface area contributed by atoms with Gasteiger partial charge >= 0.3 is 6.03 Å². The maximum atomic E-state index is 12.0. The first-order chi connectivity index (χ1) is 10.1. The van der Waals surface area contributed by atoms with Crippen LogP contribution >= 0.6 is 0 Å². The number of aromatic nitrogens is 3. The Morgan fingerprint density at radius 2 is 2.38 bits per heavy atom. The molecule has 3 heterocycles. The molecule has 1 atom stereocenters. The maximum Gasteiger partial charge on any atom is 0.319 e. The van der Waals surface area contributed by atoms with Gasteiger partial charge in [-0.05, 0) is 25.5 Å². The Morgan fingerprint density at radius 1 is 1.48 bits per heavy atom. The first-order valence-corrected chi connectivity index (χ1v) is 6.78. The number of nitrogens with zero attached hydrogens (tertiary/aromatic N) is 3. The summed E-state index contributed by atoms with van der Waals surface area (Å²) in [6.45, 7) is 3.18. The fourth-order valence-electron chi connectivity index (χ4n) is 2.20. The van der Waals surface area contributed by atoms with Crippen LogP contribution in [0.4, 0.5) is 10.5 Å². The van der Waals surface area contributed by atoms with Crippen LogP contribution in [-0.2, 0) is 4.74 Å². The van der Waals surface area contributed by atoms with Crippen molar-refractivity contribution in [2.45, 2.75) is 18.9 Å². The number of anilines is 1. The third-order valence-corrected chi connectivity index (χ3v) is 3.36. The van der Waals surface area contributed by atoms with Gasteiger partial charge < -0.3 is 15.4 Å². The van der Waals surface area contributed by atoms with E-state index in [9.17, 15) is 4.79 Å². The molecule has 0 aliphatic carbocycles. The van der Waals surface area contributed by atoms with Gasteiger partial charge in [0, 0.05) is 12.8 Å². The summed E-state index contributed by atoms with van der Waals surface area (Å²) >= 11 is 0. The number of ether oxygens (including phenoxy) is 1. The van der Waals surface area contributed by atoms with Gasteiger partial charge in [-0.1, -0.05) is 6.07 Å². The van der Waals surface area contributed by atoms with Crippen molar-refractivity contribution in [2.75, 3.05) is 18.5 Å². The van der Waals surface area contributed by atoms with Crippen LogP contribution in [0.5, 0.6) is 0 Å². The summed E-state index contributed by atoms with van der Waals surface area (Å²) in [4.78, 5) is 16.2. The van der Waals surface area contributed by atoms with Crippen molar-refractivity contribution < 1.29 is 9.53 Å². The van der Waals surface area contributed by atoms with Crippen molar-refractivity contribution in [3.05, 3.63) is 36.8 Å². The highest BCUT2D eigenvalue weighted by atomic mass is 16.5. The number of nitrogens with one attached hydrogen (secondary N) is 2. The largest absolute Gasteiger partial charge is 0.379 e. The normalized spacial score (nSPS) is 21.2. The van der Waals surface area contributed by atoms with Crippen LogP contribution in [0.25, 0.3) is 5.82 Å². The molecule has 2 amide bonds. The van der Waals surface area contributed by atoms with Crippen LogP contribution in [0, 0.1) is 0 Å². The lowest BCUT2D eigenvalue weighted by Crippen LogP contribution is -2.48. The summed E-state index contributed by atoms with van der Waals surface area (Å²) in [6.07, 6.45) is 5.81. The predicted molar refractivity (Wildman–Crippen MR) is 77.4 cm³/mol. The van der Waals surface area contributed by atoms with E-state index in [1.165, 1.54) is 0 Å². The molecular formula is C14H17N5O2. The summed E-state index contributed by atoms with van der Waals surface area (Å²) in [5, 5.41) is 9.87. The van der Waals surface area contributed by atoms with Gasteiger partial charge in [0.05, 0.1) is 30.2 Å². The molecule has 2 aromatic rings. The van der Waals surface area contributed by atoms with Crippen LogP contribution in [0.2, 0.25) is 0 Å². The van der Waals surface area contributed by atoms with Gasteiger partial charge in [0.15, 0.2) is 5.82 Å². The fraction of sp³-hybridized carbons (Fsp3) is 0.357. The Kier molecular flexibility index (Phi) is 3.57. The van der Waals surface area contributed by atoms with E-state index in [2.05, 4.69) is 20.7 Å². The Hall–Kier alpha value is -2.41. The number of urea groups is 1. The minimum Gasteiger partial charge on any atom is -0.379 e. The van der Waals surface area contributed by atoms with Gasteiger partial charge in [-0.15, -0.1) is 0 Å². The number of hydrogen-bond donors (Lipinski definition) is 2. The first-order valence-electron chi connectivity index (χ1n) is 6.78. The molecule has 2 aromatic heterocycles. The summed E-state index contributed by atoms with van der Waals surface area (Å²) in [5.41, 5.74) is 0.307. The van der Waals surface area contributed by atoms with Crippen LogP contribution in [-0.4, -0.2) is 39.5 Å². The third kappa shape index (κ3) is 3.19. The van der Waals surface area contributed by atoms with Crippen molar-refractivity contribution in [3.63, 3.8) is 0 Å². The Morgan fingerprint density at radius 3 is 3.10 bits per heavy atom.